The van der Waals surface area contributed by atoms with Crippen LogP contribution in [0.5, 0.6) is 0 Å². The van der Waals surface area contributed by atoms with Gasteiger partial charge in [0.15, 0.2) is 9.84 Å². The minimum atomic E-state index is -3.03. The number of rotatable bonds is 5. The highest BCUT2D eigenvalue weighted by Crippen LogP contribution is 2.12. The van der Waals surface area contributed by atoms with Gasteiger partial charge in [0.05, 0.1) is 11.5 Å². The number of nitrogens with zero attached hydrogens (tertiary/aromatic N) is 1. The summed E-state index contributed by atoms with van der Waals surface area (Å²) in [5.74, 6) is 0.265. The normalized spacial score (nSPS) is 12.0. The van der Waals surface area contributed by atoms with Gasteiger partial charge in [0.2, 0.25) is 0 Å². The fourth-order valence-corrected chi connectivity index (χ4v) is 2.84. The SMILES string of the molecule is CN(C)CCS(=O)(=O)Cc1ccc(Cl)cc1. The van der Waals surface area contributed by atoms with Gasteiger partial charge in [-0.25, -0.2) is 8.42 Å². The number of sulfone groups is 1. The molecule has 0 spiro atoms. The van der Waals surface area contributed by atoms with Gasteiger partial charge in [-0.1, -0.05) is 23.7 Å². The van der Waals surface area contributed by atoms with E-state index < -0.39 is 9.84 Å². The summed E-state index contributed by atoms with van der Waals surface area (Å²) in [6.07, 6.45) is 0. The molecular weight excluding hydrogens is 246 g/mol. The summed E-state index contributed by atoms with van der Waals surface area (Å²) in [4.78, 5) is 1.86. The van der Waals surface area contributed by atoms with Crippen molar-refractivity contribution in [2.24, 2.45) is 0 Å². The molecular formula is C11H16ClNO2S. The molecule has 5 heteroatoms. The fraction of sp³-hybridized carbons (Fsp3) is 0.455. The summed E-state index contributed by atoms with van der Waals surface area (Å²) >= 11 is 5.73. The smallest absolute Gasteiger partial charge is 0.155 e. The molecule has 0 amide bonds. The molecule has 0 saturated heterocycles. The molecule has 0 aliphatic carbocycles. The molecule has 1 aromatic rings. The standard InChI is InChI=1S/C11H16ClNO2S/c1-13(2)7-8-16(14,15)9-10-3-5-11(12)6-4-10/h3-6H,7-9H2,1-2H3. The van der Waals surface area contributed by atoms with Crippen molar-refractivity contribution in [3.63, 3.8) is 0 Å². The summed E-state index contributed by atoms with van der Waals surface area (Å²) in [7, 11) is 0.691. The Morgan fingerprint density at radius 2 is 1.75 bits per heavy atom. The van der Waals surface area contributed by atoms with Crippen LogP contribution in [-0.4, -0.2) is 39.7 Å². The van der Waals surface area contributed by atoms with E-state index >= 15 is 0 Å². The predicted molar refractivity (Wildman–Crippen MR) is 67.5 cm³/mol. The zero-order valence-corrected chi connectivity index (χ0v) is 11.1. The molecule has 0 N–H and O–H groups in total. The van der Waals surface area contributed by atoms with Crippen molar-refractivity contribution in [2.75, 3.05) is 26.4 Å². The van der Waals surface area contributed by atoms with Crippen molar-refractivity contribution in [3.05, 3.63) is 34.9 Å². The lowest BCUT2D eigenvalue weighted by Crippen LogP contribution is -2.22. The molecule has 0 heterocycles. The molecule has 1 aromatic carbocycles. The molecule has 0 aromatic heterocycles. The maximum atomic E-state index is 11.7. The highest BCUT2D eigenvalue weighted by Gasteiger charge is 2.12. The number of hydrogen-bond acceptors (Lipinski definition) is 3. The van der Waals surface area contributed by atoms with Crippen molar-refractivity contribution >= 4 is 21.4 Å². The quantitative estimate of drug-likeness (QED) is 0.811. The first-order valence-corrected chi connectivity index (χ1v) is 7.18. The topological polar surface area (TPSA) is 37.4 Å². The van der Waals surface area contributed by atoms with Gasteiger partial charge in [0.25, 0.3) is 0 Å². The van der Waals surface area contributed by atoms with Crippen molar-refractivity contribution in [3.8, 4) is 0 Å². The van der Waals surface area contributed by atoms with Gasteiger partial charge in [-0.3, -0.25) is 0 Å². The Balaban J connectivity index is 2.62. The van der Waals surface area contributed by atoms with E-state index in [2.05, 4.69) is 0 Å². The second kappa shape index (κ2) is 5.66. The Kier molecular flexibility index (Phi) is 4.77. The van der Waals surface area contributed by atoms with Gasteiger partial charge in [-0.15, -0.1) is 0 Å². The third-order valence-corrected chi connectivity index (χ3v) is 3.98. The van der Waals surface area contributed by atoms with Crippen LogP contribution in [0.1, 0.15) is 5.56 Å². The molecule has 0 saturated carbocycles. The van der Waals surface area contributed by atoms with E-state index in [1.54, 1.807) is 24.3 Å². The summed E-state index contributed by atoms with van der Waals surface area (Å²) in [5.41, 5.74) is 0.781. The largest absolute Gasteiger partial charge is 0.308 e. The van der Waals surface area contributed by atoms with E-state index in [1.807, 2.05) is 19.0 Å². The van der Waals surface area contributed by atoms with Crippen LogP contribution in [0.15, 0.2) is 24.3 Å². The molecule has 1 rings (SSSR count). The molecule has 0 atom stereocenters. The molecule has 0 fully saturated rings. The lowest BCUT2D eigenvalue weighted by atomic mass is 10.2. The van der Waals surface area contributed by atoms with Gasteiger partial charge in [0, 0.05) is 11.6 Å². The monoisotopic (exact) mass is 261 g/mol. The molecule has 0 aliphatic rings. The van der Waals surface area contributed by atoms with Crippen molar-refractivity contribution in [2.45, 2.75) is 5.75 Å². The maximum absolute atomic E-state index is 11.7. The van der Waals surface area contributed by atoms with Crippen LogP contribution in [0.3, 0.4) is 0 Å². The second-order valence-electron chi connectivity index (χ2n) is 4.02. The van der Waals surface area contributed by atoms with Crippen LogP contribution in [0.2, 0.25) is 5.02 Å². The van der Waals surface area contributed by atoms with E-state index in [0.29, 0.717) is 11.6 Å². The molecule has 3 nitrogen and oxygen atoms in total. The molecule has 90 valence electrons. The molecule has 0 bridgehead atoms. The minimum absolute atomic E-state index is 0.0814. The van der Waals surface area contributed by atoms with Crippen LogP contribution in [0.4, 0.5) is 0 Å². The van der Waals surface area contributed by atoms with Crippen LogP contribution < -0.4 is 0 Å². The van der Waals surface area contributed by atoms with Gasteiger partial charge in [0.1, 0.15) is 0 Å². The Morgan fingerprint density at radius 3 is 2.25 bits per heavy atom. The van der Waals surface area contributed by atoms with E-state index in [4.69, 9.17) is 11.6 Å². The third kappa shape index (κ3) is 4.96. The maximum Gasteiger partial charge on any atom is 0.155 e. The van der Waals surface area contributed by atoms with Crippen molar-refractivity contribution in [1.82, 2.24) is 4.90 Å². The number of benzene rings is 1. The first-order valence-electron chi connectivity index (χ1n) is 4.99. The summed E-state index contributed by atoms with van der Waals surface area (Å²) in [6.45, 7) is 0.552. The van der Waals surface area contributed by atoms with Gasteiger partial charge >= 0.3 is 0 Å². The Bertz CT molecular complexity index is 426. The highest BCUT2D eigenvalue weighted by atomic mass is 35.5. The Hall–Kier alpha value is -0.580. The van der Waals surface area contributed by atoms with E-state index in [-0.39, 0.29) is 11.5 Å². The second-order valence-corrected chi connectivity index (χ2v) is 6.64. The van der Waals surface area contributed by atoms with E-state index in [9.17, 15) is 8.42 Å². The highest BCUT2D eigenvalue weighted by molar-refractivity contribution is 7.90. The third-order valence-electron chi connectivity index (χ3n) is 2.15. The lowest BCUT2D eigenvalue weighted by molar-refractivity contribution is 0.432. The Labute approximate surface area is 102 Å². The van der Waals surface area contributed by atoms with Gasteiger partial charge in [-0.2, -0.15) is 0 Å². The summed E-state index contributed by atoms with van der Waals surface area (Å²) in [5, 5.41) is 0.620. The Morgan fingerprint density at radius 1 is 1.19 bits per heavy atom. The average Bonchev–Trinajstić information content (AvgIpc) is 2.19. The zero-order chi connectivity index (χ0) is 12.2. The van der Waals surface area contributed by atoms with Gasteiger partial charge in [-0.05, 0) is 31.8 Å². The molecule has 16 heavy (non-hydrogen) atoms. The predicted octanol–water partition coefficient (Wildman–Crippen LogP) is 1.82. The van der Waals surface area contributed by atoms with Crippen LogP contribution in [0, 0.1) is 0 Å². The van der Waals surface area contributed by atoms with Crippen LogP contribution >= 0.6 is 11.6 Å². The molecule has 0 radical (unpaired) electrons. The van der Waals surface area contributed by atoms with Crippen molar-refractivity contribution < 1.29 is 8.42 Å². The lowest BCUT2D eigenvalue weighted by Gasteiger charge is -2.09. The average molecular weight is 262 g/mol. The van der Waals surface area contributed by atoms with Gasteiger partial charge < -0.3 is 4.90 Å². The van der Waals surface area contributed by atoms with Crippen LogP contribution in [0.25, 0.3) is 0 Å². The summed E-state index contributed by atoms with van der Waals surface area (Å²) < 4.78 is 23.5. The fourth-order valence-electron chi connectivity index (χ4n) is 1.23. The number of hydrogen-bond donors (Lipinski definition) is 0. The minimum Gasteiger partial charge on any atom is -0.308 e. The van der Waals surface area contributed by atoms with Crippen LogP contribution in [-0.2, 0) is 15.6 Å². The molecule has 0 unspecified atom stereocenters. The first-order chi connectivity index (χ1) is 7.39. The van der Waals surface area contributed by atoms with E-state index in [1.165, 1.54) is 0 Å². The molecule has 0 aliphatic heterocycles. The first kappa shape index (κ1) is 13.5. The number of halogens is 1. The van der Waals surface area contributed by atoms with Crippen molar-refractivity contribution in [1.29, 1.82) is 0 Å². The van der Waals surface area contributed by atoms with E-state index in [0.717, 1.165) is 5.56 Å². The zero-order valence-electron chi connectivity index (χ0n) is 9.48. The summed E-state index contributed by atoms with van der Waals surface area (Å²) in [6, 6.07) is 6.90.